The molecule has 2 rings (SSSR count). The molecule has 0 saturated heterocycles. The summed E-state index contributed by atoms with van der Waals surface area (Å²) in [5.74, 6) is 0.820. The number of hydrogen-bond donors (Lipinski definition) is 2. The van der Waals surface area contributed by atoms with Gasteiger partial charge in [0.1, 0.15) is 12.4 Å². The highest BCUT2D eigenvalue weighted by atomic mass is 16.5. The molecular weight excluding hydrogens is 266 g/mol. The summed E-state index contributed by atoms with van der Waals surface area (Å²) in [6.07, 6.45) is 2.99. The quantitative estimate of drug-likeness (QED) is 0.775. The van der Waals surface area contributed by atoms with Gasteiger partial charge in [-0.2, -0.15) is 5.10 Å². The zero-order chi connectivity index (χ0) is 15.1. The zero-order valence-corrected chi connectivity index (χ0v) is 12.7. The van der Waals surface area contributed by atoms with Crippen LogP contribution in [0.3, 0.4) is 0 Å². The molecule has 0 fully saturated rings. The van der Waals surface area contributed by atoms with Gasteiger partial charge in [0.15, 0.2) is 0 Å². The molecule has 5 heteroatoms. The van der Waals surface area contributed by atoms with Gasteiger partial charge in [0.2, 0.25) is 0 Å². The third kappa shape index (κ3) is 4.31. The Morgan fingerprint density at radius 1 is 1.24 bits per heavy atom. The van der Waals surface area contributed by atoms with Gasteiger partial charge in [0.25, 0.3) is 0 Å². The van der Waals surface area contributed by atoms with E-state index in [1.807, 2.05) is 36.0 Å². The lowest BCUT2D eigenvalue weighted by Crippen LogP contribution is -2.14. The number of aromatic nitrogens is 2. The highest BCUT2D eigenvalue weighted by Crippen LogP contribution is 2.18. The van der Waals surface area contributed by atoms with Gasteiger partial charge in [-0.3, -0.25) is 4.68 Å². The van der Waals surface area contributed by atoms with E-state index < -0.39 is 0 Å². The van der Waals surface area contributed by atoms with E-state index in [9.17, 15) is 0 Å². The van der Waals surface area contributed by atoms with Gasteiger partial charge in [-0.1, -0.05) is 25.1 Å². The lowest BCUT2D eigenvalue weighted by Gasteiger charge is -2.11. The first-order valence-corrected chi connectivity index (χ1v) is 7.28. The summed E-state index contributed by atoms with van der Waals surface area (Å²) < 4.78 is 7.39. The molecule has 0 spiro atoms. The summed E-state index contributed by atoms with van der Waals surface area (Å²) in [6, 6.07) is 7.88. The minimum atomic E-state index is 0.0251. The minimum absolute atomic E-state index is 0.0251. The second-order valence-electron chi connectivity index (χ2n) is 4.91. The van der Waals surface area contributed by atoms with E-state index in [-0.39, 0.29) is 6.61 Å². The first-order chi connectivity index (χ1) is 10.2. The predicted octanol–water partition coefficient (Wildman–Crippen LogP) is 1.64. The maximum Gasteiger partial charge on any atom is 0.123 e. The summed E-state index contributed by atoms with van der Waals surface area (Å²) in [5, 5.41) is 16.7. The lowest BCUT2D eigenvalue weighted by atomic mass is 10.2. The molecule has 0 amide bonds. The van der Waals surface area contributed by atoms with Crippen molar-refractivity contribution in [3.8, 4) is 5.75 Å². The van der Waals surface area contributed by atoms with Crippen LogP contribution in [0.25, 0.3) is 0 Å². The van der Waals surface area contributed by atoms with E-state index in [4.69, 9.17) is 9.84 Å². The molecule has 0 aliphatic rings. The van der Waals surface area contributed by atoms with E-state index in [1.54, 1.807) is 0 Å². The third-order valence-corrected chi connectivity index (χ3v) is 3.28. The SMILES string of the molecule is CCc1nn(C)cc1CNCc1ccccc1OCCO. The van der Waals surface area contributed by atoms with Crippen LogP contribution < -0.4 is 10.1 Å². The minimum Gasteiger partial charge on any atom is -0.491 e. The summed E-state index contributed by atoms with van der Waals surface area (Å²) in [5.41, 5.74) is 3.46. The van der Waals surface area contributed by atoms with Crippen LogP contribution in [0.2, 0.25) is 0 Å². The fraction of sp³-hybridized carbons (Fsp3) is 0.438. The fourth-order valence-corrected chi connectivity index (χ4v) is 2.31. The number of hydrogen-bond acceptors (Lipinski definition) is 4. The topological polar surface area (TPSA) is 59.3 Å². The van der Waals surface area contributed by atoms with Gasteiger partial charge in [0.05, 0.1) is 12.3 Å². The van der Waals surface area contributed by atoms with E-state index >= 15 is 0 Å². The van der Waals surface area contributed by atoms with Gasteiger partial charge in [0, 0.05) is 37.5 Å². The monoisotopic (exact) mass is 289 g/mol. The number of aliphatic hydroxyl groups is 1. The molecule has 5 nitrogen and oxygen atoms in total. The van der Waals surface area contributed by atoms with Crippen LogP contribution in [0.4, 0.5) is 0 Å². The van der Waals surface area contributed by atoms with Crippen LogP contribution in [0.1, 0.15) is 23.7 Å². The van der Waals surface area contributed by atoms with Crippen LogP contribution in [0, 0.1) is 0 Å². The Morgan fingerprint density at radius 2 is 2.00 bits per heavy atom. The molecule has 2 N–H and O–H groups in total. The molecule has 0 atom stereocenters. The van der Waals surface area contributed by atoms with Crippen molar-refractivity contribution in [1.29, 1.82) is 0 Å². The van der Waals surface area contributed by atoms with Gasteiger partial charge in [-0.15, -0.1) is 0 Å². The maximum atomic E-state index is 8.85. The first-order valence-electron chi connectivity index (χ1n) is 7.28. The first kappa shape index (κ1) is 15.5. The highest BCUT2D eigenvalue weighted by Gasteiger charge is 2.06. The van der Waals surface area contributed by atoms with Crippen molar-refractivity contribution in [2.75, 3.05) is 13.2 Å². The Labute approximate surface area is 125 Å². The molecule has 0 unspecified atom stereocenters. The number of ether oxygens (including phenoxy) is 1. The van der Waals surface area contributed by atoms with Crippen molar-refractivity contribution in [2.45, 2.75) is 26.4 Å². The zero-order valence-electron chi connectivity index (χ0n) is 12.7. The summed E-state index contributed by atoms with van der Waals surface area (Å²) in [4.78, 5) is 0. The summed E-state index contributed by atoms with van der Waals surface area (Å²) in [7, 11) is 1.95. The van der Waals surface area contributed by atoms with Crippen molar-refractivity contribution in [3.63, 3.8) is 0 Å². The molecular formula is C16H23N3O2. The molecule has 1 heterocycles. The van der Waals surface area contributed by atoms with Crippen LogP contribution in [-0.4, -0.2) is 28.1 Å². The van der Waals surface area contributed by atoms with Crippen molar-refractivity contribution < 1.29 is 9.84 Å². The van der Waals surface area contributed by atoms with Crippen molar-refractivity contribution in [2.24, 2.45) is 7.05 Å². The number of benzene rings is 1. The standard InChI is InChI=1S/C16H23N3O2/c1-3-15-14(12-19(2)18-15)11-17-10-13-6-4-5-7-16(13)21-9-8-20/h4-7,12,17,20H,3,8-11H2,1-2H3. The Bertz CT molecular complexity index is 566. The Hall–Kier alpha value is -1.85. The normalized spacial score (nSPS) is 10.8. The largest absolute Gasteiger partial charge is 0.491 e. The van der Waals surface area contributed by atoms with Crippen molar-refractivity contribution >= 4 is 0 Å². The molecule has 1 aromatic carbocycles. The van der Waals surface area contributed by atoms with Crippen molar-refractivity contribution in [1.82, 2.24) is 15.1 Å². The van der Waals surface area contributed by atoms with Gasteiger partial charge >= 0.3 is 0 Å². The second kappa shape index (κ2) is 7.81. The molecule has 1 aromatic heterocycles. The average Bonchev–Trinajstić information content (AvgIpc) is 2.86. The number of rotatable bonds is 8. The Balaban J connectivity index is 1.94. The van der Waals surface area contributed by atoms with Crippen LogP contribution in [0.5, 0.6) is 5.75 Å². The number of para-hydroxylation sites is 1. The predicted molar refractivity (Wildman–Crippen MR) is 82.2 cm³/mol. The number of aryl methyl sites for hydroxylation is 2. The van der Waals surface area contributed by atoms with E-state index in [0.29, 0.717) is 6.61 Å². The van der Waals surface area contributed by atoms with Gasteiger partial charge < -0.3 is 15.2 Å². The molecule has 2 aromatic rings. The smallest absolute Gasteiger partial charge is 0.123 e. The summed E-state index contributed by atoms with van der Waals surface area (Å²) >= 11 is 0. The third-order valence-electron chi connectivity index (χ3n) is 3.28. The van der Waals surface area contributed by atoms with Crippen molar-refractivity contribution in [3.05, 3.63) is 47.3 Å². The second-order valence-corrected chi connectivity index (χ2v) is 4.91. The van der Waals surface area contributed by atoms with E-state index in [0.717, 1.165) is 36.5 Å². The van der Waals surface area contributed by atoms with Gasteiger partial charge in [-0.25, -0.2) is 0 Å². The lowest BCUT2D eigenvalue weighted by molar-refractivity contribution is 0.200. The van der Waals surface area contributed by atoms with Crippen LogP contribution in [0.15, 0.2) is 30.5 Å². The molecule has 0 aliphatic carbocycles. The molecule has 114 valence electrons. The molecule has 0 radical (unpaired) electrons. The number of aliphatic hydroxyl groups excluding tert-OH is 1. The van der Waals surface area contributed by atoms with E-state index in [1.165, 1.54) is 5.56 Å². The molecule has 0 aliphatic heterocycles. The average molecular weight is 289 g/mol. The van der Waals surface area contributed by atoms with E-state index in [2.05, 4.69) is 23.5 Å². The van der Waals surface area contributed by atoms with Gasteiger partial charge in [-0.05, 0) is 12.5 Å². The Morgan fingerprint density at radius 3 is 2.76 bits per heavy atom. The van der Waals surface area contributed by atoms with Crippen LogP contribution in [-0.2, 0) is 26.6 Å². The molecule has 0 saturated carbocycles. The highest BCUT2D eigenvalue weighted by molar-refractivity contribution is 5.33. The molecule has 0 bridgehead atoms. The number of nitrogens with one attached hydrogen (secondary N) is 1. The summed E-state index contributed by atoms with van der Waals surface area (Å²) in [6.45, 7) is 3.96. The number of nitrogens with zero attached hydrogens (tertiary/aromatic N) is 2. The Kier molecular flexibility index (Phi) is 5.78. The maximum absolute atomic E-state index is 8.85. The van der Waals surface area contributed by atoms with Crippen LogP contribution >= 0.6 is 0 Å². The fourth-order valence-electron chi connectivity index (χ4n) is 2.31. The molecule has 21 heavy (non-hydrogen) atoms.